The Hall–Kier alpha value is -2.64. The SMILES string of the molecule is CSC1=C(C(=O)c2ccccc2)C(c2cccc([N+](=O)[O-])c2)C2=C(CC(C)(C)CC2=O)S1. The number of thioether (sulfide) groups is 2. The quantitative estimate of drug-likeness (QED) is 0.284. The van der Waals surface area contributed by atoms with Crippen LogP contribution in [0.25, 0.3) is 0 Å². The van der Waals surface area contributed by atoms with E-state index in [9.17, 15) is 19.7 Å². The smallest absolute Gasteiger partial charge is 0.269 e. The van der Waals surface area contributed by atoms with Crippen LogP contribution in [-0.4, -0.2) is 22.7 Å². The Morgan fingerprint density at radius 2 is 1.84 bits per heavy atom. The summed E-state index contributed by atoms with van der Waals surface area (Å²) < 4.78 is 0.847. The van der Waals surface area contributed by atoms with Crippen molar-refractivity contribution in [3.05, 3.63) is 96.1 Å². The Kier molecular flexibility index (Phi) is 6.14. The van der Waals surface area contributed by atoms with Gasteiger partial charge in [-0.1, -0.05) is 68.1 Å². The highest BCUT2D eigenvalue weighted by Crippen LogP contribution is 2.56. The number of Topliss-reactive ketones (excluding diaryl/α,β-unsaturated/α-hetero) is 2. The van der Waals surface area contributed by atoms with E-state index in [4.69, 9.17) is 0 Å². The van der Waals surface area contributed by atoms with Crippen molar-refractivity contribution in [1.82, 2.24) is 0 Å². The van der Waals surface area contributed by atoms with E-state index in [-0.39, 0.29) is 22.7 Å². The van der Waals surface area contributed by atoms with Crippen molar-refractivity contribution in [3.63, 3.8) is 0 Å². The molecular weight excluding hydrogens is 442 g/mol. The van der Waals surface area contributed by atoms with Crippen molar-refractivity contribution in [2.45, 2.75) is 32.6 Å². The number of non-ortho nitro benzene ring substituents is 1. The van der Waals surface area contributed by atoms with Crippen molar-refractivity contribution in [2.24, 2.45) is 5.41 Å². The third-order valence-electron chi connectivity index (χ3n) is 5.77. The van der Waals surface area contributed by atoms with Crippen LogP contribution in [0.2, 0.25) is 0 Å². The Morgan fingerprint density at radius 1 is 1.12 bits per heavy atom. The van der Waals surface area contributed by atoms with Gasteiger partial charge in [0.2, 0.25) is 0 Å². The largest absolute Gasteiger partial charge is 0.294 e. The van der Waals surface area contributed by atoms with Crippen molar-refractivity contribution < 1.29 is 14.5 Å². The first-order valence-electron chi connectivity index (χ1n) is 10.3. The first-order valence-corrected chi connectivity index (χ1v) is 12.3. The van der Waals surface area contributed by atoms with Crippen molar-refractivity contribution in [2.75, 3.05) is 6.26 Å². The molecular formula is C25H23NO4S2. The van der Waals surface area contributed by atoms with Gasteiger partial charge in [0.25, 0.3) is 5.69 Å². The fraction of sp³-hybridized carbons (Fsp3) is 0.280. The number of carbonyl (C=O) groups excluding carboxylic acids is 2. The number of rotatable bonds is 5. The fourth-order valence-electron chi connectivity index (χ4n) is 4.39. The number of nitrogens with zero attached hydrogens (tertiary/aromatic N) is 1. The molecule has 2 aromatic carbocycles. The van der Waals surface area contributed by atoms with E-state index in [0.717, 1.165) is 15.6 Å². The Balaban J connectivity index is 1.95. The predicted molar refractivity (Wildman–Crippen MR) is 130 cm³/mol. The van der Waals surface area contributed by atoms with E-state index in [0.29, 0.717) is 28.7 Å². The summed E-state index contributed by atoms with van der Waals surface area (Å²) in [5, 5.41) is 11.5. The molecule has 5 nitrogen and oxygen atoms in total. The maximum atomic E-state index is 13.7. The molecule has 1 atom stereocenters. The van der Waals surface area contributed by atoms with E-state index in [1.165, 1.54) is 35.7 Å². The molecule has 0 aromatic heterocycles. The lowest BCUT2D eigenvalue weighted by molar-refractivity contribution is -0.384. The Labute approximate surface area is 195 Å². The van der Waals surface area contributed by atoms with Crippen molar-refractivity contribution in [3.8, 4) is 0 Å². The first kappa shape index (κ1) is 22.6. The molecule has 1 heterocycles. The normalized spacial score (nSPS) is 20.2. The van der Waals surface area contributed by atoms with Crippen LogP contribution in [0.15, 0.2) is 74.9 Å². The average Bonchev–Trinajstić information content (AvgIpc) is 2.77. The van der Waals surface area contributed by atoms with Gasteiger partial charge in [0.05, 0.1) is 9.16 Å². The lowest BCUT2D eigenvalue weighted by atomic mass is 9.71. The molecule has 0 fully saturated rings. The van der Waals surface area contributed by atoms with Gasteiger partial charge in [0, 0.05) is 41.2 Å². The zero-order valence-corrected chi connectivity index (χ0v) is 19.7. The van der Waals surface area contributed by atoms with Gasteiger partial charge in [-0.05, 0) is 28.6 Å². The number of nitro groups is 1. The summed E-state index contributed by atoms with van der Waals surface area (Å²) in [6.45, 7) is 4.15. The van der Waals surface area contributed by atoms with Crippen LogP contribution in [0.1, 0.15) is 48.5 Å². The van der Waals surface area contributed by atoms with Crippen LogP contribution in [0.5, 0.6) is 0 Å². The van der Waals surface area contributed by atoms with Crippen molar-refractivity contribution in [1.29, 1.82) is 0 Å². The second kappa shape index (κ2) is 8.71. The number of hydrogen-bond donors (Lipinski definition) is 0. The third-order valence-corrected chi connectivity index (χ3v) is 8.13. The highest BCUT2D eigenvalue weighted by atomic mass is 32.2. The van der Waals surface area contributed by atoms with Gasteiger partial charge in [-0.15, -0.1) is 11.8 Å². The summed E-state index contributed by atoms with van der Waals surface area (Å²) in [6, 6.07) is 15.3. The molecule has 164 valence electrons. The first-order chi connectivity index (χ1) is 15.2. The summed E-state index contributed by atoms with van der Waals surface area (Å²) in [6.07, 6.45) is 3.05. The Bertz CT molecular complexity index is 1180. The van der Waals surface area contributed by atoms with Gasteiger partial charge < -0.3 is 0 Å². The highest BCUT2D eigenvalue weighted by molar-refractivity contribution is 8.23. The molecule has 0 spiro atoms. The summed E-state index contributed by atoms with van der Waals surface area (Å²) in [5.74, 6) is -0.758. The minimum atomic E-state index is -0.620. The third kappa shape index (κ3) is 4.19. The van der Waals surface area contributed by atoms with Crippen LogP contribution in [0, 0.1) is 15.5 Å². The zero-order chi connectivity index (χ0) is 23.0. The fourth-order valence-corrected chi connectivity index (χ4v) is 6.81. The summed E-state index contributed by atoms with van der Waals surface area (Å²) in [5.41, 5.74) is 2.07. The van der Waals surface area contributed by atoms with Crippen LogP contribution in [0.4, 0.5) is 5.69 Å². The standard InChI is InChI=1S/C25H23NO4S2/c1-25(2)13-18(27)21-19(14-25)32-24(31-3)22(23(28)15-8-5-4-6-9-15)20(21)16-10-7-11-17(12-16)26(29)30/h4-12,20H,13-14H2,1-3H3. The van der Waals surface area contributed by atoms with Gasteiger partial charge in [0.15, 0.2) is 11.6 Å². The summed E-state index contributed by atoms with van der Waals surface area (Å²) >= 11 is 2.99. The minimum Gasteiger partial charge on any atom is -0.294 e. The zero-order valence-electron chi connectivity index (χ0n) is 18.1. The molecule has 1 aliphatic heterocycles. The minimum absolute atomic E-state index is 0.0128. The predicted octanol–water partition coefficient (Wildman–Crippen LogP) is 6.53. The topological polar surface area (TPSA) is 77.3 Å². The molecule has 0 N–H and O–H groups in total. The number of ketones is 2. The molecule has 32 heavy (non-hydrogen) atoms. The molecule has 0 saturated heterocycles. The molecule has 1 unspecified atom stereocenters. The number of hydrogen-bond acceptors (Lipinski definition) is 6. The van der Waals surface area contributed by atoms with Crippen LogP contribution in [-0.2, 0) is 4.79 Å². The molecule has 4 rings (SSSR count). The molecule has 2 aliphatic rings. The van der Waals surface area contributed by atoms with E-state index in [2.05, 4.69) is 13.8 Å². The highest BCUT2D eigenvalue weighted by Gasteiger charge is 2.44. The second-order valence-electron chi connectivity index (χ2n) is 8.77. The molecule has 1 aliphatic carbocycles. The second-order valence-corrected chi connectivity index (χ2v) is 10.9. The molecule has 0 radical (unpaired) electrons. The number of nitro benzene ring substituents is 1. The van der Waals surface area contributed by atoms with Gasteiger partial charge in [-0.3, -0.25) is 19.7 Å². The van der Waals surface area contributed by atoms with E-state index in [1.807, 2.05) is 24.5 Å². The van der Waals surface area contributed by atoms with Gasteiger partial charge in [0.1, 0.15) is 0 Å². The molecule has 0 amide bonds. The molecule has 0 saturated carbocycles. The van der Waals surface area contributed by atoms with Crippen molar-refractivity contribution >= 4 is 40.8 Å². The Morgan fingerprint density at radius 3 is 2.50 bits per heavy atom. The molecule has 7 heteroatoms. The van der Waals surface area contributed by atoms with E-state index in [1.54, 1.807) is 24.3 Å². The molecule has 2 aromatic rings. The van der Waals surface area contributed by atoms with E-state index < -0.39 is 10.8 Å². The number of carbonyl (C=O) groups is 2. The van der Waals surface area contributed by atoms with Gasteiger partial charge in [-0.25, -0.2) is 0 Å². The monoisotopic (exact) mass is 465 g/mol. The summed E-state index contributed by atoms with van der Waals surface area (Å²) in [4.78, 5) is 39.1. The van der Waals surface area contributed by atoms with Crippen LogP contribution in [0.3, 0.4) is 0 Å². The van der Waals surface area contributed by atoms with E-state index >= 15 is 0 Å². The van der Waals surface area contributed by atoms with Gasteiger partial charge in [-0.2, -0.15) is 0 Å². The maximum Gasteiger partial charge on any atom is 0.269 e. The lowest BCUT2D eigenvalue weighted by Gasteiger charge is -2.38. The molecule has 0 bridgehead atoms. The van der Waals surface area contributed by atoms with Gasteiger partial charge >= 0.3 is 0 Å². The average molecular weight is 466 g/mol. The lowest BCUT2D eigenvalue weighted by Crippen LogP contribution is -2.31. The maximum absolute atomic E-state index is 13.7. The van der Waals surface area contributed by atoms with Crippen LogP contribution >= 0.6 is 23.5 Å². The van der Waals surface area contributed by atoms with Crippen LogP contribution < -0.4 is 0 Å². The number of benzene rings is 2. The number of allylic oxidation sites excluding steroid dienone is 3. The summed E-state index contributed by atoms with van der Waals surface area (Å²) in [7, 11) is 0.